The number of hydrazone groups is 1. The molecule has 1 heterocycles. The zero-order chi connectivity index (χ0) is 18.6. The van der Waals surface area contributed by atoms with Crippen LogP contribution in [0.1, 0.15) is 28.6 Å². The van der Waals surface area contributed by atoms with E-state index in [1.165, 1.54) is 36.6 Å². The van der Waals surface area contributed by atoms with E-state index >= 15 is 0 Å². The molecular weight excluding hydrogens is 339 g/mol. The van der Waals surface area contributed by atoms with E-state index in [0.717, 1.165) is 0 Å². The van der Waals surface area contributed by atoms with Crippen molar-refractivity contribution in [3.05, 3.63) is 53.5 Å². The Morgan fingerprint density at radius 1 is 1.12 bits per heavy atom. The third-order valence-electron chi connectivity index (χ3n) is 3.25. The third kappa shape index (κ3) is 4.69. The van der Waals surface area contributed by atoms with Crippen LogP contribution in [0.25, 0.3) is 0 Å². The molecule has 0 saturated carbocycles. The van der Waals surface area contributed by atoms with E-state index in [-0.39, 0.29) is 5.69 Å². The molecule has 1 aromatic carbocycles. The number of furan rings is 1. The molecule has 2 N–H and O–H groups in total. The molecule has 2 aromatic rings. The van der Waals surface area contributed by atoms with Crippen LogP contribution in [-0.4, -0.2) is 23.7 Å². The monoisotopic (exact) mass is 353 g/mol. The van der Waals surface area contributed by atoms with Gasteiger partial charge in [-0.1, -0.05) is 12.1 Å². The Balaban J connectivity index is 2.02. The third-order valence-corrected chi connectivity index (χ3v) is 3.25. The van der Waals surface area contributed by atoms with Gasteiger partial charge in [-0.15, -0.1) is 0 Å². The molecule has 0 atom stereocenters. The number of carbonyl (C=O) groups excluding carboxylic acids is 2. The zero-order valence-electron chi connectivity index (χ0n) is 13.3. The predicted molar refractivity (Wildman–Crippen MR) is 84.2 cm³/mol. The van der Waals surface area contributed by atoms with Gasteiger partial charge in [0.2, 0.25) is 0 Å². The summed E-state index contributed by atoms with van der Waals surface area (Å²) < 4.78 is 41.6. The molecule has 0 aliphatic carbocycles. The van der Waals surface area contributed by atoms with Crippen molar-refractivity contribution < 1.29 is 27.2 Å². The van der Waals surface area contributed by atoms with Gasteiger partial charge in [-0.2, -0.15) is 18.3 Å². The maximum Gasteiger partial charge on any atom is 0.471 e. The minimum Gasteiger partial charge on any atom is -0.469 e. The Bertz CT molecular complexity index is 808. The van der Waals surface area contributed by atoms with Gasteiger partial charge in [0.1, 0.15) is 5.76 Å². The lowest BCUT2D eigenvalue weighted by atomic mass is 10.1. The molecule has 0 saturated heterocycles. The molecule has 0 aliphatic heterocycles. The number of nitrogens with zero attached hydrogens (tertiary/aromatic N) is 1. The number of nitrogens with one attached hydrogen (secondary N) is 2. The number of hydrogen-bond acceptors (Lipinski definition) is 4. The number of hydrogen-bond donors (Lipinski definition) is 2. The fraction of sp³-hybridized carbons (Fsp3) is 0.188. The molecule has 1 aromatic heterocycles. The second kappa shape index (κ2) is 7.20. The molecule has 0 fully saturated rings. The summed E-state index contributed by atoms with van der Waals surface area (Å²) >= 11 is 0. The molecule has 0 radical (unpaired) electrons. The average Bonchev–Trinajstić information content (AvgIpc) is 2.98. The molecule has 9 heteroatoms. The number of alkyl halides is 3. The number of carbonyl (C=O) groups is 2. The van der Waals surface area contributed by atoms with E-state index in [1.54, 1.807) is 19.2 Å². The first kappa shape index (κ1) is 18.2. The van der Waals surface area contributed by atoms with Crippen LogP contribution in [0.15, 0.2) is 46.1 Å². The molecular formula is C16H14F3N3O3. The van der Waals surface area contributed by atoms with Crippen molar-refractivity contribution in [2.24, 2.45) is 5.10 Å². The topological polar surface area (TPSA) is 83.7 Å². The molecule has 25 heavy (non-hydrogen) atoms. The molecule has 0 spiro atoms. The largest absolute Gasteiger partial charge is 0.471 e. The summed E-state index contributed by atoms with van der Waals surface area (Å²) in [5.74, 6) is -2.04. The number of aryl methyl sites for hydroxylation is 1. The quantitative estimate of drug-likeness (QED) is 0.654. The minimum absolute atomic E-state index is 0.00284. The van der Waals surface area contributed by atoms with Crippen LogP contribution >= 0.6 is 0 Å². The molecule has 0 bridgehead atoms. The van der Waals surface area contributed by atoms with Crippen molar-refractivity contribution in [2.75, 3.05) is 5.32 Å². The van der Waals surface area contributed by atoms with Crippen LogP contribution < -0.4 is 10.7 Å². The summed E-state index contributed by atoms with van der Waals surface area (Å²) in [6, 6.07) is 7.06. The SMILES string of the molecule is C/C(=N/NC(=O)c1ccoc1C)c1ccc(NC(=O)C(F)(F)F)cc1. The van der Waals surface area contributed by atoms with Crippen molar-refractivity contribution in [3.63, 3.8) is 0 Å². The van der Waals surface area contributed by atoms with Crippen molar-refractivity contribution >= 4 is 23.2 Å². The lowest BCUT2D eigenvalue weighted by molar-refractivity contribution is -0.167. The van der Waals surface area contributed by atoms with Gasteiger partial charge < -0.3 is 9.73 Å². The lowest BCUT2D eigenvalue weighted by Crippen LogP contribution is -2.29. The van der Waals surface area contributed by atoms with Gasteiger partial charge in [-0.3, -0.25) is 9.59 Å². The molecule has 6 nitrogen and oxygen atoms in total. The summed E-state index contributed by atoms with van der Waals surface area (Å²) in [5.41, 5.74) is 3.71. The van der Waals surface area contributed by atoms with E-state index < -0.39 is 18.0 Å². The van der Waals surface area contributed by atoms with E-state index in [2.05, 4.69) is 10.5 Å². The Morgan fingerprint density at radius 3 is 2.28 bits per heavy atom. The maximum atomic E-state index is 12.2. The first-order valence-electron chi connectivity index (χ1n) is 7.06. The van der Waals surface area contributed by atoms with Gasteiger partial charge >= 0.3 is 12.1 Å². The first-order chi connectivity index (χ1) is 11.7. The van der Waals surface area contributed by atoms with Crippen molar-refractivity contribution in [1.29, 1.82) is 0 Å². The maximum absolute atomic E-state index is 12.2. The standard InChI is InChI=1S/C16H14F3N3O3/c1-9(21-22-14(23)13-7-8-25-10(13)2)11-3-5-12(6-4-11)20-15(24)16(17,18)19/h3-8H,1-2H3,(H,20,24)(H,22,23)/b21-9-. The highest BCUT2D eigenvalue weighted by Gasteiger charge is 2.38. The van der Waals surface area contributed by atoms with Crippen LogP contribution in [0.5, 0.6) is 0 Å². The smallest absolute Gasteiger partial charge is 0.469 e. The zero-order valence-corrected chi connectivity index (χ0v) is 13.3. The number of rotatable bonds is 4. The molecule has 132 valence electrons. The first-order valence-corrected chi connectivity index (χ1v) is 7.06. The van der Waals surface area contributed by atoms with Crippen LogP contribution in [0.3, 0.4) is 0 Å². The second-order valence-electron chi connectivity index (χ2n) is 5.06. The second-order valence-corrected chi connectivity index (χ2v) is 5.06. The highest BCUT2D eigenvalue weighted by Crippen LogP contribution is 2.18. The molecule has 2 rings (SSSR count). The Labute approximate surface area is 140 Å². The summed E-state index contributed by atoms with van der Waals surface area (Å²) in [6.45, 7) is 3.26. The molecule has 0 unspecified atom stereocenters. The lowest BCUT2D eigenvalue weighted by Gasteiger charge is -2.08. The molecule has 2 amide bonds. The summed E-state index contributed by atoms with van der Waals surface area (Å²) in [7, 11) is 0. The molecule has 0 aliphatic rings. The Kier molecular flexibility index (Phi) is 5.26. The number of halogens is 3. The highest BCUT2D eigenvalue weighted by molar-refractivity contribution is 6.01. The van der Waals surface area contributed by atoms with Crippen molar-refractivity contribution in [1.82, 2.24) is 5.43 Å². The van der Waals surface area contributed by atoms with Crippen LogP contribution in [0.2, 0.25) is 0 Å². The van der Waals surface area contributed by atoms with Gasteiger partial charge in [-0.25, -0.2) is 5.43 Å². The van der Waals surface area contributed by atoms with E-state index in [9.17, 15) is 22.8 Å². The minimum atomic E-state index is -4.95. The number of benzene rings is 1. The Morgan fingerprint density at radius 2 is 1.76 bits per heavy atom. The fourth-order valence-electron chi connectivity index (χ4n) is 1.88. The summed E-state index contributed by atoms with van der Waals surface area (Å²) in [4.78, 5) is 22.8. The Hall–Kier alpha value is -3.10. The van der Waals surface area contributed by atoms with Crippen LogP contribution in [-0.2, 0) is 4.79 Å². The summed E-state index contributed by atoms with van der Waals surface area (Å²) in [6.07, 6.45) is -3.57. The van der Waals surface area contributed by atoms with Gasteiger partial charge in [0.15, 0.2) is 0 Å². The van der Waals surface area contributed by atoms with Crippen molar-refractivity contribution in [3.8, 4) is 0 Å². The van der Waals surface area contributed by atoms with E-state index in [4.69, 9.17) is 4.42 Å². The van der Waals surface area contributed by atoms with Gasteiger partial charge in [0.05, 0.1) is 17.5 Å². The van der Waals surface area contributed by atoms with Crippen molar-refractivity contribution in [2.45, 2.75) is 20.0 Å². The van der Waals surface area contributed by atoms with E-state index in [0.29, 0.717) is 22.6 Å². The van der Waals surface area contributed by atoms with Gasteiger partial charge in [-0.05, 0) is 37.6 Å². The number of amides is 2. The number of anilines is 1. The predicted octanol–water partition coefficient (Wildman–Crippen LogP) is 3.24. The van der Waals surface area contributed by atoms with Crippen LogP contribution in [0.4, 0.5) is 18.9 Å². The highest BCUT2D eigenvalue weighted by atomic mass is 19.4. The van der Waals surface area contributed by atoms with E-state index in [1.807, 2.05) is 0 Å². The van der Waals surface area contributed by atoms with Crippen LogP contribution in [0, 0.1) is 6.92 Å². The average molecular weight is 353 g/mol. The normalized spacial score (nSPS) is 12.0. The summed E-state index contributed by atoms with van der Waals surface area (Å²) in [5, 5.41) is 5.67. The van der Waals surface area contributed by atoms with Gasteiger partial charge in [0.25, 0.3) is 5.91 Å². The van der Waals surface area contributed by atoms with Gasteiger partial charge in [0, 0.05) is 5.69 Å². The fourth-order valence-corrected chi connectivity index (χ4v) is 1.88.